The van der Waals surface area contributed by atoms with Gasteiger partial charge >= 0.3 is 0 Å². The summed E-state index contributed by atoms with van der Waals surface area (Å²) in [6.45, 7) is 5.80. The van der Waals surface area contributed by atoms with Gasteiger partial charge in [-0.25, -0.2) is 4.39 Å². The molecule has 5 rings (SSSR count). The van der Waals surface area contributed by atoms with Crippen LogP contribution in [-0.4, -0.2) is 50.2 Å². The SMILES string of the molecule is O=C1Nc2cc(F)ccc2/C1=C1\OCc2cc(NCCN3CCOCC3)ccc21. The van der Waals surface area contributed by atoms with E-state index >= 15 is 0 Å². The number of hydrogen-bond acceptors (Lipinski definition) is 5. The Morgan fingerprint density at radius 2 is 1.93 bits per heavy atom. The molecule has 3 aliphatic rings. The van der Waals surface area contributed by atoms with Crippen molar-refractivity contribution >= 4 is 28.6 Å². The van der Waals surface area contributed by atoms with Crippen LogP contribution in [0.15, 0.2) is 36.4 Å². The molecule has 0 aliphatic carbocycles. The van der Waals surface area contributed by atoms with E-state index in [0.29, 0.717) is 29.2 Å². The second-order valence-corrected chi connectivity index (χ2v) is 7.39. The summed E-state index contributed by atoms with van der Waals surface area (Å²) in [6.07, 6.45) is 0. The van der Waals surface area contributed by atoms with E-state index in [1.807, 2.05) is 12.1 Å². The maximum absolute atomic E-state index is 13.5. The summed E-state index contributed by atoms with van der Waals surface area (Å²) in [5, 5.41) is 6.19. The van der Waals surface area contributed by atoms with Crippen molar-refractivity contribution < 1.29 is 18.7 Å². The third-order valence-electron chi connectivity index (χ3n) is 5.54. The first-order valence-corrected chi connectivity index (χ1v) is 9.85. The van der Waals surface area contributed by atoms with Crippen LogP contribution in [0.3, 0.4) is 0 Å². The topological polar surface area (TPSA) is 62.8 Å². The molecule has 3 heterocycles. The van der Waals surface area contributed by atoms with Crippen LogP contribution >= 0.6 is 0 Å². The van der Waals surface area contributed by atoms with E-state index in [0.717, 1.165) is 56.2 Å². The van der Waals surface area contributed by atoms with Crippen LogP contribution in [-0.2, 0) is 20.9 Å². The molecule has 29 heavy (non-hydrogen) atoms. The molecule has 0 saturated carbocycles. The summed E-state index contributed by atoms with van der Waals surface area (Å²) in [4.78, 5) is 14.9. The summed E-state index contributed by atoms with van der Waals surface area (Å²) >= 11 is 0. The van der Waals surface area contributed by atoms with Gasteiger partial charge in [-0.15, -0.1) is 0 Å². The molecule has 0 unspecified atom stereocenters. The molecule has 1 fully saturated rings. The number of halogens is 1. The zero-order chi connectivity index (χ0) is 19.8. The summed E-state index contributed by atoms with van der Waals surface area (Å²) in [6, 6.07) is 10.4. The molecule has 1 saturated heterocycles. The molecule has 2 aromatic carbocycles. The van der Waals surface area contributed by atoms with Crippen LogP contribution in [0.4, 0.5) is 15.8 Å². The fourth-order valence-corrected chi connectivity index (χ4v) is 4.03. The van der Waals surface area contributed by atoms with E-state index in [4.69, 9.17) is 9.47 Å². The van der Waals surface area contributed by atoms with E-state index in [2.05, 4.69) is 21.6 Å². The number of nitrogens with zero attached hydrogens (tertiary/aromatic N) is 1. The Labute approximate surface area is 168 Å². The monoisotopic (exact) mass is 395 g/mol. The van der Waals surface area contributed by atoms with Gasteiger partial charge in [-0.1, -0.05) is 0 Å². The molecule has 6 nitrogen and oxygen atoms in total. The third-order valence-corrected chi connectivity index (χ3v) is 5.54. The predicted molar refractivity (Wildman–Crippen MR) is 109 cm³/mol. The Bertz CT molecular complexity index is 999. The quantitative estimate of drug-likeness (QED) is 0.780. The highest BCUT2D eigenvalue weighted by Gasteiger charge is 2.32. The minimum Gasteiger partial charge on any atom is -0.487 e. The highest BCUT2D eigenvalue weighted by Crippen LogP contribution is 2.42. The summed E-state index contributed by atoms with van der Waals surface area (Å²) in [5.74, 6) is -0.0836. The average Bonchev–Trinajstić information content (AvgIpc) is 3.27. The van der Waals surface area contributed by atoms with E-state index < -0.39 is 0 Å². The zero-order valence-corrected chi connectivity index (χ0v) is 16.0. The van der Waals surface area contributed by atoms with Gasteiger partial charge in [0.05, 0.1) is 24.5 Å². The molecule has 0 bridgehead atoms. The second kappa shape index (κ2) is 7.50. The Morgan fingerprint density at radius 3 is 2.79 bits per heavy atom. The molecular formula is C22H22FN3O3. The zero-order valence-electron chi connectivity index (χ0n) is 16.0. The van der Waals surface area contributed by atoms with E-state index in [1.165, 1.54) is 12.1 Å². The average molecular weight is 395 g/mol. The summed E-state index contributed by atoms with van der Waals surface area (Å²) < 4.78 is 24.8. The number of morpholine rings is 1. The Morgan fingerprint density at radius 1 is 1.10 bits per heavy atom. The number of hydrogen-bond donors (Lipinski definition) is 2. The van der Waals surface area contributed by atoms with Gasteiger partial charge in [0.15, 0.2) is 0 Å². The van der Waals surface area contributed by atoms with Gasteiger partial charge in [0.25, 0.3) is 5.91 Å². The van der Waals surface area contributed by atoms with Crippen molar-refractivity contribution in [2.75, 3.05) is 50.0 Å². The van der Waals surface area contributed by atoms with Gasteiger partial charge in [-0.3, -0.25) is 9.69 Å². The number of ether oxygens (including phenoxy) is 2. The van der Waals surface area contributed by atoms with Crippen molar-refractivity contribution in [2.45, 2.75) is 6.61 Å². The fourth-order valence-electron chi connectivity index (χ4n) is 4.03. The molecule has 1 amide bonds. The van der Waals surface area contributed by atoms with Crippen molar-refractivity contribution in [3.63, 3.8) is 0 Å². The fraction of sp³-hybridized carbons (Fsp3) is 0.318. The Hall–Kier alpha value is -2.90. The maximum atomic E-state index is 13.5. The summed E-state index contributed by atoms with van der Waals surface area (Å²) in [5.41, 5.74) is 4.60. The van der Waals surface area contributed by atoms with Crippen LogP contribution < -0.4 is 10.6 Å². The lowest BCUT2D eigenvalue weighted by atomic mass is 10.00. The molecule has 2 N–H and O–H groups in total. The summed E-state index contributed by atoms with van der Waals surface area (Å²) in [7, 11) is 0. The van der Waals surface area contributed by atoms with Gasteiger partial charge in [0, 0.05) is 48.6 Å². The largest absolute Gasteiger partial charge is 0.487 e. The minimum absolute atomic E-state index is 0.263. The number of anilines is 2. The van der Waals surface area contributed by atoms with Gasteiger partial charge in [0.1, 0.15) is 18.2 Å². The Kier molecular flexibility index (Phi) is 4.69. The van der Waals surface area contributed by atoms with Crippen molar-refractivity contribution in [1.29, 1.82) is 0 Å². The molecule has 2 aromatic rings. The van der Waals surface area contributed by atoms with Crippen LogP contribution in [0, 0.1) is 5.82 Å². The lowest BCUT2D eigenvalue weighted by molar-refractivity contribution is -0.110. The van der Waals surface area contributed by atoms with Crippen molar-refractivity contribution in [2.24, 2.45) is 0 Å². The van der Waals surface area contributed by atoms with Crippen LogP contribution in [0.1, 0.15) is 16.7 Å². The standard InChI is InChI=1S/C22H22FN3O3/c23-15-1-3-18-19(12-15)25-22(27)20(18)21-17-4-2-16(11-14(17)13-29-21)24-5-6-26-7-9-28-10-8-26/h1-4,11-12,24H,5-10,13H2,(H,25,27)/b21-20+. The number of carbonyl (C=O) groups is 1. The first-order chi connectivity index (χ1) is 14.2. The minimum atomic E-state index is -0.379. The number of fused-ring (bicyclic) bond motifs is 2. The number of rotatable bonds is 4. The molecule has 3 aliphatic heterocycles. The van der Waals surface area contributed by atoms with Gasteiger partial charge in [-0.2, -0.15) is 0 Å². The van der Waals surface area contributed by atoms with Gasteiger partial charge in [0.2, 0.25) is 0 Å². The molecule has 0 atom stereocenters. The molecule has 0 aromatic heterocycles. The number of amides is 1. The Balaban J connectivity index is 1.35. The van der Waals surface area contributed by atoms with Crippen LogP contribution in [0.2, 0.25) is 0 Å². The number of carbonyl (C=O) groups excluding carboxylic acids is 1. The maximum Gasteiger partial charge on any atom is 0.260 e. The molecule has 0 spiro atoms. The van der Waals surface area contributed by atoms with Crippen molar-refractivity contribution in [1.82, 2.24) is 4.90 Å². The lowest BCUT2D eigenvalue weighted by Crippen LogP contribution is -2.39. The molecule has 7 heteroatoms. The third kappa shape index (κ3) is 3.47. The number of benzene rings is 2. The van der Waals surface area contributed by atoms with E-state index in [1.54, 1.807) is 6.07 Å². The first-order valence-electron chi connectivity index (χ1n) is 9.85. The van der Waals surface area contributed by atoms with Crippen LogP contribution in [0.25, 0.3) is 11.3 Å². The second-order valence-electron chi connectivity index (χ2n) is 7.39. The van der Waals surface area contributed by atoms with E-state index in [9.17, 15) is 9.18 Å². The normalized spacial score (nSPS) is 20.8. The van der Waals surface area contributed by atoms with Crippen LogP contribution in [0.5, 0.6) is 0 Å². The highest BCUT2D eigenvalue weighted by atomic mass is 19.1. The van der Waals surface area contributed by atoms with Crippen molar-refractivity contribution in [3.05, 3.63) is 58.9 Å². The molecule has 150 valence electrons. The van der Waals surface area contributed by atoms with Crippen molar-refractivity contribution in [3.8, 4) is 0 Å². The highest BCUT2D eigenvalue weighted by molar-refractivity contribution is 6.36. The molecule has 0 radical (unpaired) electrons. The molecular weight excluding hydrogens is 373 g/mol. The van der Waals surface area contributed by atoms with E-state index in [-0.39, 0.29) is 11.7 Å². The van der Waals surface area contributed by atoms with Gasteiger partial charge in [-0.05, 0) is 36.4 Å². The smallest absolute Gasteiger partial charge is 0.260 e. The first kappa shape index (κ1) is 18.1. The van der Waals surface area contributed by atoms with Gasteiger partial charge < -0.3 is 20.1 Å². The number of nitrogens with one attached hydrogen (secondary N) is 2. The predicted octanol–water partition coefficient (Wildman–Crippen LogP) is 2.92. The lowest BCUT2D eigenvalue weighted by Gasteiger charge is -2.26.